The fourth-order valence-electron chi connectivity index (χ4n) is 1.63. The number of para-hydroxylation sites is 1. The third-order valence-corrected chi connectivity index (χ3v) is 2.48. The molecule has 3 aromatic rings. The van der Waals surface area contributed by atoms with E-state index in [9.17, 15) is 0 Å². The number of hydrogen-bond acceptors (Lipinski definition) is 1. The van der Waals surface area contributed by atoms with Crippen LogP contribution in [0.1, 0.15) is 0 Å². The maximum absolute atomic E-state index is 4.40. The molecule has 0 amide bonds. The van der Waals surface area contributed by atoms with Gasteiger partial charge in [0.2, 0.25) is 0 Å². The normalized spacial score (nSPS) is 10.4. The lowest BCUT2D eigenvalue weighted by atomic mass is 10.2. The molecule has 82 valence electrons. The van der Waals surface area contributed by atoms with E-state index in [0.717, 1.165) is 11.3 Å². The van der Waals surface area contributed by atoms with Crippen molar-refractivity contribution in [1.82, 2.24) is 10.1 Å². The van der Waals surface area contributed by atoms with Crippen molar-refractivity contribution in [2.45, 2.75) is 0 Å². The van der Waals surface area contributed by atoms with Gasteiger partial charge in [0.25, 0.3) is 6.33 Å². The molecular weight excluding hydrogens is 210 g/mol. The third-order valence-electron chi connectivity index (χ3n) is 2.48. The zero-order valence-electron chi connectivity index (χ0n) is 9.12. The summed E-state index contributed by atoms with van der Waals surface area (Å²) >= 11 is 0. The molecule has 3 rings (SSSR count). The zero-order valence-corrected chi connectivity index (χ0v) is 9.12. The van der Waals surface area contributed by atoms with E-state index in [2.05, 4.69) is 16.4 Å². The molecule has 0 aliphatic rings. The number of benzene rings is 2. The summed E-state index contributed by atoms with van der Waals surface area (Å²) in [5.41, 5.74) is 1.96. The third kappa shape index (κ3) is 1.95. The second-order valence-electron chi connectivity index (χ2n) is 3.65. The van der Waals surface area contributed by atoms with Crippen LogP contribution in [0.25, 0.3) is 17.1 Å². The molecular formula is C14H10N3-. The van der Waals surface area contributed by atoms with Crippen molar-refractivity contribution in [2.24, 2.45) is 0 Å². The lowest BCUT2D eigenvalue weighted by molar-refractivity contribution is -0.665. The van der Waals surface area contributed by atoms with Crippen LogP contribution in [0.3, 0.4) is 0 Å². The molecule has 0 atom stereocenters. The van der Waals surface area contributed by atoms with Crippen LogP contribution < -0.4 is 9.78 Å². The Balaban J connectivity index is 1.99. The lowest BCUT2D eigenvalue weighted by Gasteiger charge is -2.04. The molecule has 0 bridgehead atoms. The predicted octanol–water partition coefficient (Wildman–Crippen LogP) is 1.78. The molecule has 0 fully saturated rings. The van der Waals surface area contributed by atoms with Crippen LogP contribution in [0, 0.1) is 6.33 Å². The molecule has 17 heavy (non-hydrogen) atoms. The van der Waals surface area contributed by atoms with Gasteiger partial charge in [-0.1, -0.05) is 60.7 Å². The minimum Gasteiger partial charge on any atom is -0.317 e. The standard InChI is InChI=1S/C14H10N3/c1-3-7-12(8-4-1)14-15-11-17(16-14)13-9-5-2-6-10-13/h1-10H/q-1. The Morgan fingerprint density at radius 3 is 2.24 bits per heavy atom. The molecule has 0 aliphatic heterocycles. The molecule has 0 saturated heterocycles. The summed E-state index contributed by atoms with van der Waals surface area (Å²) in [7, 11) is 0. The summed E-state index contributed by atoms with van der Waals surface area (Å²) < 4.78 is 1.66. The average Bonchev–Trinajstić information content (AvgIpc) is 2.90. The molecule has 2 aromatic carbocycles. The van der Waals surface area contributed by atoms with Crippen LogP contribution >= 0.6 is 0 Å². The SMILES string of the molecule is [c-]1nc(-c2ccccc2)[n-][n+]1-c1ccccc1. The Labute approximate surface area is 99.4 Å². The zero-order chi connectivity index (χ0) is 11.5. The highest BCUT2D eigenvalue weighted by atomic mass is 15.3. The molecule has 0 radical (unpaired) electrons. The molecule has 0 saturated carbocycles. The van der Waals surface area contributed by atoms with E-state index >= 15 is 0 Å². The van der Waals surface area contributed by atoms with Crippen LogP contribution in [-0.4, -0.2) is 4.98 Å². The van der Waals surface area contributed by atoms with Crippen LogP contribution in [0.5, 0.6) is 0 Å². The first-order valence-corrected chi connectivity index (χ1v) is 5.39. The quantitative estimate of drug-likeness (QED) is 0.487. The van der Waals surface area contributed by atoms with Gasteiger partial charge < -0.3 is 9.78 Å². The minimum absolute atomic E-state index is 0.689. The molecule has 1 aromatic heterocycles. The largest absolute Gasteiger partial charge is 0.317 e. The number of hydrogen-bond donors (Lipinski definition) is 0. The van der Waals surface area contributed by atoms with Gasteiger partial charge in [-0.15, -0.1) is 0 Å². The van der Waals surface area contributed by atoms with Crippen LogP contribution in [0.2, 0.25) is 0 Å². The van der Waals surface area contributed by atoms with E-state index in [1.165, 1.54) is 0 Å². The van der Waals surface area contributed by atoms with Gasteiger partial charge in [0.05, 0.1) is 5.82 Å². The second-order valence-corrected chi connectivity index (χ2v) is 3.65. The van der Waals surface area contributed by atoms with Gasteiger partial charge in [0.15, 0.2) is 0 Å². The van der Waals surface area contributed by atoms with E-state index in [1.807, 2.05) is 60.7 Å². The Morgan fingerprint density at radius 2 is 1.53 bits per heavy atom. The van der Waals surface area contributed by atoms with Crippen LogP contribution in [0.15, 0.2) is 60.7 Å². The van der Waals surface area contributed by atoms with Crippen LogP contribution in [-0.2, 0) is 0 Å². The fourth-order valence-corrected chi connectivity index (χ4v) is 1.63. The highest BCUT2D eigenvalue weighted by Gasteiger charge is 1.99. The maximum Gasteiger partial charge on any atom is 0.256 e. The van der Waals surface area contributed by atoms with Crippen molar-refractivity contribution in [1.29, 1.82) is 0 Å². The first-order chi connectivity index (χ1) is 8.43. The van der Waals surface area contributed by atoms with Gasteiger partial charge in [-0.25, -0.2) is 0 Å². The molecule has 0 aliphatic carbocycles. The molecule has 0 spiro atoms. The van der Waals surface area contributed by atoms with Gasteiger partial charge in [0.1, 0.15) is 0 Å². The van der Waals surface area contributed by atoms with E-state index in [0.29, 0.717) is 5.82 Å². The smallest absolute Gasteiger partial charge is 0.256 e. The highest BCUT2D eigenvalue weighted by molar-refractivity contribution is 5.52. The lowest BCUT2D eigenvalue weighted by Crippen LogP contribution is -2.34. The summed E-state index contributed by atoms with van der Waals surface area (Å²) in [4.78, 5) is 4.19. The average molecular weight is 220 g/mol. The van der Waals surface area contributed by atoms with E-state index < -0.39 is 0 Å². The Kier molecular flexibility index (Phi) is 2.43. The van der Waals surface area contributed by atoms with Crippen molar-refractivity contribution in [2.75, 3.05) is 0 Å². The van der Waals surface area contributed by atoms with Crippen molar-refractivity contribution in [3.05, 3.63) is 67.0 Å². The second kappa shape index (κ2) is 4.22. The van der Waals surface area contributed by atoms with Gasteiger partial charge in [-0.05, 0) is 5.56 Å². The summed E-state index contributed by atoms with van der Waals surface area (Å²) in [6, 6.07) is 19.7. The van der Waals surface area contributed by atoms with Gasteiger partial charge in [-0.2, -0.15) is 4.98 Å². The molecule has 3 heteroatoms. The Hall–Kier alpha value is -2.42. The van der Waals surface area contributed by atoms with Gasteiger partial charge in [0, 0.05) is 5.69 Å². The van der Waals surface area contributed by atoms with Gasteiger partial charge >= 0.3 is 0 Å². The van der Waals surface area contributed by atoms with E-state index in [4.69, 9.17) is 0 Å². The predicted molar refractivity (Wildman–Crippen MR) is 63.4 cm³/mol. The van der Waals surface area contributed by atoms with Crippen molar-refractivity contribution < 1.29 is 4.68 Å². The fraction of sp³-hybridized carbons (Fsp3) is 0. The summed E-state index contributed by atoms with van der Waals surface area (Å²) in [5.74, 6) is 0.689. The topological polar surface area (TPSA) is 30.9 Å². The number of nitrogens with zero attached hydrogens (tertiary/aromatic N) is 3. The van der Waals surface area contributed by atoms with E-state index in [-0.39, 0.29) is 0 Å². The molecule has 1 heterocycles. The number of rotatable bonds is 2. The van der Waals surface area contributed by atoms with Crippen molar-refractivity contribution >= 4 is 0 Å². The molecule has 0 N–H and O–H groups in total. The monoisotopic (exact) mass is 220 g/mol. The number of aromatic nitrogens is 3. The Bertz CT molecular complexity index is 546. The first-order valence-electron chi connectivity index (χ1n) is 5.39. The van der Waals surface area contributed by atoms with E-state index in [1.54, 1.807) is 4.68 Å². The molecule has 0 unspecified atom stereocenters. The first kappa shape index (κ1) is 9.78. The summed E-state index contributed by atoms with van der Waals surface area (Å²) in [6.45, 7) is 0. The van der Waals surface area contributed by atoms with Crippen LogP contribution in [0.4, 0.5) is 0 Å². The highest BCUT2D eigenvalue weighted by Crippen LogP contribution is 2.10. The summed E-state index contributed by atoms with van der Waals surface area (Å²) in [5, 5.41) is 4.40. The van der Waals surface area contributed by atoms with Crippen molar-refractivity contribution in [3.8, 4) is 17.1 Å². The van der Waals surface area contributed by atoms with Crippen molar-refractivity contribution in [3.63, 3.8) is 0 Å². The summed E-state index contributed by atoms with van der Waals surface area (Å²) in [6.07, 6.45) is 2.88. The molecule has 3 nitrogen and oxygen atoms in total. The minimum atomic E-state index is 0.689. The van der Waals surface area contributed by atoms with Gasteiger partial charge in [-0.3, -0.25) is 0 Å². The maximum atomic E-state index is 4.40. The Morgan fingerprint density at radius 1 is 0.882 bits per heavy atom.